The van der Waals surface area contributed by atoms with Gasteiger partial charge in [-0.1, -0.05) is 0 Å². The van der Waals surface area contributed by atoms with E-state index in [1.54, 1.807) is 0 Å². The lowest BCUT2D eigenvalue weighted by atomic mass is 10.5. The fourth-order valence-corrected chi connectivity index (χ4v) is 1.03. The summed E-state index contributed by atoms with van der Waals surface area (Å²) in [6.45, 7) is 2.07. The lowest BCUT2D eigenvalue weighted by Crippen LogP contribution is -2.36. The van der Waals surface area contributed by atoms with Crippen LogP contribution >= 0.6 is 17.0 Å². The fraction of sp³-hybridized carbons (Fsp3) is 1.00. The minimum absolute atomic E-state index is 0. The van der Waals surface area contributed by atoms with E-state index in [1.807, 2.05) is 0 Å². The third kappa shape index (κ3) is 4.83. The first-order valence-electron chi connectivity index (χ1n) is 2.89. The van der Waals surface area contributed by atoms with Gasteiger partial charge in [0.15, 0.2) is 0 Å². The van der Waals surface area contributed by atoms with Gasteiger partial charge in [0.05, 0.1) is 13.2 Å². The van der Waals surface area contributed by atoms with Gasteiger partial charge in [-0.05, 0) is 0 Å². The lowest BCUT2D eigenvalue weighted by Gasteiger charge is -2.25. The van der Waals surface area contributed by atoms with Gasteiger partial charge >= 0.3 is 0 Å². The Kier molecular flexibility index (Phi) is 6.30. The molecule has 0 saturated carbocycles. The highest BCUT2D eigenvalue weighted by molar-refractivity contribution is 8.93. The van der Waals surface area contributed by atoms with Crippen molar-refractivity contribution in [2.24, 2.45) is 0 Å². The summed E-state index contributed by atoms with van der Waals surface area (Å²) in [4.78, 5) is 0. The van der Waals surface area contributed by atoms with Gasteiger partial charge in [-0.2, -0.15) is 5.06 Å². The molecule has 1 saturated heterocycles. The molecule has 5 nitrogen and oxygen atoms in total. The number of hydroxylamine groups is 2. The van der Waals surface area contributed by atoms with Crippen LogP contribution < -0.4 is 0 Å². The van der Waals surface area contributed by atoms with E-state index in [0.29, 0.717) is 26.3 Å². The predicted octanol–water partition coefficient (Wildman–Crippen LogP) is -0.378. The predicted molar refractivity (Wildman–Crippen MR) is 42.7 cm³/mol. The maximum Gasteiger partial charge on any atom is 0.106 e. The van der Waals surface area contributed by atoms with Gasteiger partial charge < -0.3 is 9.29 Å². The summed E-state index contributed by atoms with van der Waals surface area (Å²) < 4.78 is 29.2. The Hall–Kier alpha value is 0.470. The maximum absolute atomic E-state index is 9.96. The number of morpholine rings is 1. The van der Waals surface area contributed by atoms with E-state index in [2.05, 4.69) is 4.28 Å². The molecule has 0 aromatic heterocycles. The van der Waals surface area contributed by atoms with E-state index in [0.717, 1.165) is 0 Å². The van der Waals surface area contributed by atoms with Gasteiger partial charge in [0, 0.05) is 13.1 Å². The Morgan fingerprint density at radius 3 is 2.45 bits per heavy atom. The summed E-state index contributed by atoms with van der Waals surface area (Å²) in [5.41, 5.74) is 0. The zero-order valence-electron chi connectivity index (χ0n) is 5.73. The molecule has 0 amide bonds. The first-order chi connectivity index (χ1) is 4.79. The van der Waals surface area contributed by atoms with Crippen LogP contribution in [0.3, 0.4) is 0 Å². The molecule has 1 aliphatic rings. The number of ether oxygens (including phenoxy) is 1. The normalized spacial score (nSPS) is 22.3. The summed E-state index contributed by atoms with van der Waals surface area (Å²) in [6, 6.07) is 0. The van der Waals surface area contributed by atoms with Crippen molar-refractivity contribution in [3.63, 3.8) is 0 Å². The van der Waals surface area contributed by atoms with Crippen LogP contribution in [0.25, 0.3) is 0 Å². The van der Waals surface area contributed by atoms with E-state index >= 15 is 0 Å². The van der Waals surface area contributed by atoms with Crippen molar-refractivity contribution in [1.82, 2.24) is 5.06 Å². The highest BCUT2D eigenvalue weighted by Gasteiger charge is 2.10. The molecular formula is C4H9BrNO4S-. The maximum atomic E-state index is 9.96. The largest absolute Gasteiger partial charge is 0.748 e. The minimum atomic E-state index is -2.44. The van der Waals surface area contributed by atoms with E-state index < -0.39 is 11.4 Å². The summed E-state index contributed by atoms with van der Waals surface area (Å²) >= 11 is -2.44. The van der Waals surface area contributed by atoms with Crippen molar-refractivity contribution in [2.45, 2.75) is 0 Å². The third-order valence-corrected chi connectivity index (χ3v) is 1.47. The van der Waals surface area contributed by atoms with Crippen LogP contribution in [0, 0.1) is 0 Å². The summed E-state index contributed by atoms with van der Waals surface area (Å²) in [5, 5.41) is 1.35. The molecule has 0 aliphatic carbocycles. The Morgan fingerprint density at radius 1 is 1.45 bits per heavy atom. The second-order valence-electron chi connectivity index (χ2n) is 1.82. The first-order valence-corrected chi connectivity index (χ1v) is 3.89. The molecule has 0 aromatic carbocycles. The average molecular weight is 247 g/mol. The molecule has 0 N–H and O–H groups in total. The molecular weight excluding hydrogens is 238 g/mol. The van der Waals surface area contributed by atoms with Gasteiger partial charge in [-0.25, -0.2) is 8.49 Å². The van der Waals surface area contributed by atoms with Crippen molar-refractivity contribution < 1.29 is 17.8 Å². The van der Waals surface area contributed by atoms with Crippen molar-refractivity contribution in [2.75, 3.05) is 26.3 Å². The Balaban J connectivity index is 0.000001000. The van der Waals surface area contributed by atoms with Crippen LogP contribution in [0.5, 0.6) is 0 Å². The molecule has 1 heterocycles. The van der Waals surface area contributed by atoms with Gasteiger partial charge in [0.25, 0.3) is 0 Å². The monoisotopic (exact) mass is 246 g/mol. The molecule has 0 spiro atoms. The molecule has 11 heavy (non-hydrogen) atoms. The van der Waals surface area contributed by atoms with Crippen LogP contribution in [0.1, 0.15) is 0 Å². The van der Waals surface area contributed by atoms with Crippen molar-refractivity contribution in [1.29, 1.82) is 0 Å². The van der Waals surface area contributed by atoms with E-state index in [9.17, 15) is 8.76 Å². The van der Waals surface area contributed by atoms with E-state index in [1.165, 1.54) is 5.06 Å². The second-order valence-corrected chi connectivity index (χ2v) is 2.38. The minimum Gasteiger partial charge on any atom is -0.748 e. The molecule has 1 unspecified atom stereocenters. The standard InChI is InChI=1S/C4H9NO4S.BrH/c6-10(7)9-5-1-3-8-4-2-5;/h1-4H2,(H,6,7);1H/p-1. The van der Waals surface area contributed by atoms with Gasteiger partial charge in [0.1, 0.15) is 11.4 Å². The Morgan fingerprint density at radius 2 is 2.00 bits per heavy atom. The second kappa shape index (κ2) is 6.04. The molecule has 7 heteroatoms. The zero-order chi connectivity index (χ0) is 7.40. The van der Waals surface area contributed by atoms with Crippen LogP contribution in [-0.4, -0.2) is 40.1 Å². The smallest absolute Gasteiger partial charge is 0.106 e. The lowest BCUT2D eigenvalue weighted by molar-refractivity contribution is -0.114. The highest BCUT2D eigenvalue weighted by atomic mass is 79.9. The fourth-order valence-electron chi connectivity index (χ4n) is 0.707. The average Bonchev–Trinajstić information content (AvgIpc) is 1.88. The van der Waals surface area contributed by atoms with Crippen LogP contribution in [0.4, 0.5) is 0 Å². The summed E-state index contributed by atoms with van der Waals surface area (Å²) in [7, 11) is 0. The number of hydrogen-bond donors (Lipinski definition) is 0. The van der Waals surface area contributed by atoms with Crippen molar-refractivity contribution in [3.05, 3.63) is 0 Å². The molecule has 0 aromatic rings. The molecule has 1 atom stereocenters. The number of hydrogen-bond acceptors (Lipinski definition) is 5. The van der Waals surface area contributed by atoms with Crippen molar-refractivity contribution >= 4 is 28.3 Å². The van der Waals surface area contributed by atoms with Gasteiger partial charge in [-0.15, -0.1) is 17.0 Å². The van der Waals surface area contributed by atoms with E-state index in [-0.39, 0.29) is 17.0 Å². The van der Waals surface area contributed by atoms with E-state index in [4.69, 9.17) is 4.74 Å². The number of nitrogens with zero attached hydrogens (tertiary/aromatic N) is 1. The van der Waals surface area contributed by atoms with Gasteiger partial charge in [-0.3, -0.25) is 0 Å². The first kappa shape index (κ1) is 11.5. The summed E-state index contributed by atoms with van der Waals surface area (Å²) in [6.07, 6.45) is 0. The van der Waals surface area contributed by atoms with Crippen LogP contribution in [-0.2, 0) is 20.4 Å². The third-order valence-electron chi connectivity index (χ3n) is 1.14. The number of halogens is 1. The molecule has 1 fully saturated rings. The summed E-state index contributed by atoms with van der Waals surface area (Å²) in [5.74, 6) is 0. The molecule has 0 radical (unpaired) electrons. The molecule has 68 valence electrons. The van der Waals surface area contributed by atoms with Crippen LogP contribution in [0.15, 0.2) is 0 Å². The molecule has 1 aliphatic heterocycles. The molecule has 0 bridgehead atoms. The highest BCUT2D eigenvalue weighted by Crippen LogP contribution is 1.97. The van der Waals surface area contributed by atoms with Crippen LogP contribution in [0.2, 0.25) is 0 Å². The Bertz CT molecular complexity index is 129. The quantitative estimate of drug-likeness (QED) is 0.622. The van der Waals surface area contributed by atoms with Gasteiger partial charge in [0.2, 0.25) is 0 Å². The van der Waals surface area contributed by atoms with Crippen molar-refractivity contribution in [3.8, 4) is 0 Å². The zero-order valence-corrected chi connectivity index (χ0v) is 8.25. The Labute approximate surface area is 77.9 Å². The topological polar surface area (TPSA) is 61.8 Å². The SMILES string of the molecule is Br.O=S([O-])ON1CCOCC1. The molecule has 1 rings (SSSR count). The number of rotatable bonds is 2.